The zero-order valence-electron chi connectivity index (χ0n) is 15.6. The highest BCUT2D eigenvalue weighted by atomic mass is 35.5. The van der Waals surface area contributed by atoms with E-state index in [-0.39, 0.29) is 5.91 Å². The Morgan fingerprint density at radius 2 is 1.73 bits per heavy atom. The molecule has 1 unspecified atom stereocenters. The molecule has 2 aromatic rings. The molecule has 5 nitrogen and oxygen atoms in total. The molecule has 1 atom stereocenters. The minimum absolute atomic E-state index is 0.306. The van der Waals surface area contributed by atoms with Gasteiger partial charge in [0, 0.05) is 6.07 Å². The van der Waals surface area contributed by atoms with Gasteiger partial charge in [-0.3, -0.25) is 4.79 Å². The van der Waals surface area contributed by atoms with E-state index in [1.165, 1.54) is 14.2 Å². The van der Waals surface area contributed by atoms with E-state index in [9.17, 15) is 4.79 Å². The second-order valence-corrected chi connectivity index (χ2v) is 6.57. The van der Waals surface area contributed by atoms with Crippen molar-refractivity contribution in [2.45, 2.75) is 32.8 Å². The number of halogens is 1. The van der Waals surface area contributed by atoms with Crippen LogP contribution in [0.2, 0.25) is 5.02 Å². The topological polar surface area (TPSA) is 56.8 Å². The van der Waals surface area contributed by atoms with Gasteiger partial charge in [-0.05, 0) is 36.6 Å². The van der Waals surface area contributed by atoms with Gasteiger partial charge in [0.05, 0.1) is 24.9 Å². The van der Waals surface area contributed by atoms with E-state index in [1.807, 2.05) is 24.3 Å². The van der Waals surface area contributed by atoms with E-state index < -0.39 is 6.10 Å². The second-order valence-electron chi connectivity index (χ2n) is 6.16. The van der Waals surface area contributed by atoms with Crippen LogP contribution < -0.4 is 19.5 Å². The fraction of sp³-hybridized carbons (Fsp3) is 0.350. The first kappa shape index (κ1) is 19.9. The van der Waals surface area contributed by atoms with Gasteiger partial charge in [0.1, 0.15) is 17.2 Å². The van der Waals surface area contributed by atoms with Crippen LogP contribution in [0.5, 0.6) is 17.2 Å². The quantitative estimate of drug-likeness (QED) is 0.746. The number of benzene rings is 2. The first-order valence-corrected chi connectivity index (χ1v) is 8.72. The summed E-state index contributed by atoms with van der Waals surface area (Å²) in [7, 11) is 3.02. The van der Waals surface area contributed by atoms with Gasteiger partial charge < -0.3 is 19.5 Å². The highest BCUT2D eigenvalue weighted by Gasteiger charge is 2.18. The lowest BCUT2D eigenvalue weighted by molar-refractivity contribution is -0.122. The predicted molar refractivity (Wildman–Crippen MR) is 104 cm³/mol. The van der Waals surface area contributed by atoms with E-state index >= 15 is 0 Å². The number of carbonyl (C=O) groups is 1. The van der Waals surface area contributed by atoms with Crippen LogP contribution in [0.25, 0.3) is 0 Å². The number of methoxy groups -OCH3 is 2. The van der Waals surface area contributed by atoms with Crippen LogP contribution in [0.4, 0.5) is 5.69 Å². The Kier molecular flexibility index (Phi) is 6.75. The maximum absolute atomic E-state index is 12.5. The van der Waals surface area contributed by atoms with E-state index in [4.69, 9.17) is 25.8 Å². The standard InChI is InChI=1S/C20H24ClNO4/c1-12(2)14-7-6-8-15(9-14)26-13(3)20(23)22-17-10-16(21)18(24-4)11-19(17)25-5/h6-13H,1-5H3,(H,22,23). The Labute approximate surface area is 159 Å². The third-order valence-corrected chi connectivity index (χ3v) is 4.23. The first-order valence-electron chi connectivity index (χ1n) is 8.34. The lowest BCUT2D eigenvalue weighted by atomic mass is 10.0. The van der Waals surface area contributed by atoms with E-state index in [2.05, 4.69) is 19.2 Å². The lowest BCUT2D eigenvalue weighted by Crippen LogP contribution is -2.30. The molecular weight excluding hydrogens is 354 g/mol. The smallest absolute Gasteiger partial charge is 0.265 e. The van der Waals surface area contributed by atoms with Gasteiger partial charge in [-0.15, -0.1) is 0 Å². The molecule has 140 valence electrons. The van der Waals surface area contributed by atoms with Gasteiger partial charge in [-0.1, -0.05) is 37.6 Å². The fourth-order valence-electron chi connectivity index (χ4n) is 2.40. The summed E-state index contributed by atoms with van der Waals surface area (Å²) in [6.45, 7) is 5.90. The SMILES string of the molecule is COc1cc(OC)c(NC(=O)C(C)Oc2cccc(C(C)C)c2)cc1Cl. The molecule has 0 saturated heterocycles. The highest BCUT2D eigenvalue weighted by Crippen LogP contribution is 2.36. The Morgan fingerprint density at radius 1 is 1.04 bits per heavy atom. The normalized spacial score (nSPS) is 11.8. The number of hydrogen-bond acceptors (Lipinski definition) is 4. The molecule has 0 spiro atoms. The lowest BCUT2D eigenvalue weighted by Gasteiger charge is -2.18. The largest absolute Gasteiger partial charge is 0.495 e. The third kappa shape index (κ3) is 4.82. The van der Waals surface area contributed by atoms with Crippen molar-refractivity contribution in [1.29, 1.82) is 0 Å². The maximum atomic E-state index is 12.5. The molecule has 0 aliphatic heterocycles. The van der Waals surface area contributed by atoms with Crippen molar-refractivity contribution >= 4 is 23.2 Å². The van der Waals surface area contributed by atoms with Gasteiger partial charge in [0.2, 0.25) is 0 Å². The number of hydrogen-bond donors (Lipinski definition) is 1. The molecule has 26 heavy (non-hydrogen) atoms. The molecule has 0 heterocycles. The van der Waals surface area contributed by atoms with Crippen LogP contribution in [0.15, 0.2) is 36.4 Å². The van der Waals surface area contributed by atoms with Crippen LogP contribution in [0.3, 0.4) is 0 Å². The first-order chi connectivity index (χ1) is 12.3. The average Bonchev–Trinajstić information content (AvgIpc) is 2.62. The van der Waals surface area contributed by atoms with Crippen LogP contribution >= 0.6 is 11.6 Å². The molecule has 0 aliphatic rings. The number of ether oxygens (including phenoxy) is 3. The maximum Gasteiger partial charge on any atom is 0.265 e. The molecule has 0 aromatic heterocycles. The summed E-state index contributed by atoms with van der Waals surface area (Å²) in [5.41, 5.74) is 1.60. The molecule has 1 amide bonds. The highest BCUT2D eigenvalue weighted by molar-refractivity contribution is 6.32. The summed E-state index contributed by atoms with van der Waals surface area (Å²) in [5, 5.41) is 3.16. The Bertz CT molecular complexity index is 776. The van der Waals surface area contributed by atoms with Crippen LogP contribution in [-0.2, 0) is 4.79 Å². The van der Waals surface area contributed by atoms with Crippen molar-refractivity contribution in [2.75, 3.05) is 19.5 Å². The summed E-state index contributed by atoms with van der Waals surface area (Å²) < 4.78 is 16.2. The summed E-state index contributed by atoms with van der Waals surface area (Å²) in [6.07, 6.45) is -0.692. The van der Waals surface area contributed by atoms with E-state index in [0.717, 1.165) is 5.56 Å². The molecular formula is C20H24ClNO4. The number of anilines is 1. The molecule has 2 rings (SSSR count). The molecule has 0 radical (unpaired) electrons. The number of amides is 1. The van der Waals surface area contributed by atoms with Gasteiger partial charge in [-0.25, -0.2) is 0 Å². The van der Waals surface area contributed by atoms with E-state index in [0.29, 0.717) is 33.9 Å². The predicted octanol–water partition coefficient (Wildman–Crippen LogP) is 4.89. The number of carbonyl (C=O) groups excluding carboxylic acids is 1. The summed E-state index contributed by atoms with van der Waals surface area (Å²) in [4.78, 5) is 12.5. The Hall–Kier alpha value is -2.40. The summed E-state index contributed by atoms with van der Waals surface area (Å²) >= 11 is 6.14. The monoisotopic (exact) mass is 377 g/mol. The molecule has 6 heteroatoms. The molecule has 0 aliphatic carbocycles. The van der Waals surface area contributed by atoms with Gasteiger partial charge in [-0.2, -0.15) is 0 Å². The van der Waals surface area contributed by atoms with Crippen molar-refractivity contribution in [1.82, 2.24) is 0 Å². The Balaban J connectivity index is 2.12. The zero-order valence-corrected chi connectivity index (χ0v) is 16.4. The molecule has 2 aromatic carbocycles. The molecule has 0 fully saturated rings. The zero-order chi connectivity index (χ0) is 19.3. The van der Waals surface area contributed by atoms with E-state index in [1.54, 1.807) is 19.1 Å². The van der Waals surface area contributed by atoms with Crippen LogP contribution in [-0.4, -0.2) is 26.2 Å². The van der Waals surface area contributed by atoms with Crippen LogP contribution in [0.1, 0.15) is 32.3 Å². The summed E-state index contributed by atoms with van der Waals surface area (Å²) in [6, 6.07) is 10.9. The number of nitrogens with one attached hydrogen (secondary N) is 1. The fourth-order valence-corrected chi connectivity index (χ4v) is 2.64. The molecule has 1 N–H and O–H groups in total. The van der Waals surface area contributed by atoms with Gasteiger partial charge in [0.15, 0.2) is 6.10 Å². The molecule has 0 bridgehead atoms. The second kappa shape index (κ2) is 8.81. The third-order valence-electron chi connectivity index (χ3n) is 3.94. The van der Waals surface area contributed by atoms with Crippen molar-refractivity contribution in [3.63, 3.8) is 0 Å². The Morgan fingerprint density at radius 3 is 2.35 bits per heavy atom. The molecule has 0 saturated carbocycles. The average molecular weight is 378 g/mol. The summed E-state index contributed by atoms with van der Waals surface area (Å²) in [5.74, 6) is 1.65. The van der Waals surface area contributed by atoms with Crippen molar-refractivity contribution in [3.05, 3.63) is 47.0 Å². The van der Waals surface area contributed by atoms with Crippen molar-refractivity contribution < 1.29 is 19.0 Å². The minimum atomic E-state index is -0.692. The minimum Gasteiger partial charge on any atom is -0.495 e. The van der Waals surface area contributed by atoms with Crippen molar-refractivity contribution in [2.24, 2.45) is 0 Å². The number of rotatable bonds is 7. The van der Waals surface area contributed by atoms with Gasteiger partial charge >= 0.3 is 0 Å². The van der Waals surface area contributed by atoms with Crippen LogP contribution in [0, 0.1) is 0 Å². The van der Waals surface area contributed by atoms with Crippen molar-refractivity contribution in [3.8, 4) is 17.2 Å². The van der Waals surface area contributed by atoms with Gasteiger partial charge in [0.25, 0.3) is 5.91 Å².